The molecule has 2 atom stereocenters. The second-order valence-electron chi connectivity index (χ2n) is 6.84. The first-order valence-corrected chi connectivity index (χ1v) is 8.31. The van der Waals surface area contributed by atoms with Crippen molar-refractivity contribution in [2.75, 3.05) is 19.6 Å². The molecule has 3 aliphatic rings. The first-order valence-electron chi connectivity index (χ1n) is 8.31. The fourth-order valence-corrected chi connectivity index (χ4v) is 4.07. The van der Waals surface area contributed by atoms with Gasteiger partial charge in [-0.05, 0) is 49.8 Å². The molecule has 0 bridgehead atoms. The zero-order chi connectivity index (χ0) is 15.1. The summed E-state index contributed by atoms with van der Waals surface area (Å²) < 4.78 is 0. The summed E-state index contributed by atoms with van der Waals surface area (Å²) in [5.41, 5.74) is 1.21. The Labute approximate surface area is 131 Å². The molecule has 22 heavy (non-hydrogen) atoms. The summed E-state index contributed by atoms with van der Waals surface area (Å²) in [6.07, 6.45) is 4.97. The Kier molecular flexibility index (Phi) is 3.38. The molecule has 4 heteroatoms. The van der Waals surface area contributed by atoms with Crippen molar-refractivity contribution in [3.63, 3.8) is 0 Å². The molecule has 114 valence electrons. The highest BCUT2D eigenvalue weighted by Gasteiger charge is 2.45. The molecule has 0 unspecified atom stereocenters. The zero-order valence-corrected chi connectivity index (χ0v) is 12.7. The summed E-state index contributed by atoms with van der Waals surface area (Å²) in [5, 5.41) is 9.00. The molecule has 0 aromatic heterocycles. The Hall–Kier alpha value is -1.86. The molecule has 4 rings (SSSR count). The van der Waals surface area contributed by atoms with E-state index in [9.17, 15) is 4.79 Å². The van der Waals surface area contributed by atoms with Gasteiger partial charge in [0.15, 0.2) is 0 Å². The van der Waals surface area contributed by atoms with Crippen LogP contribution in [0.5, 0.6) is 0 Å². The second kappa shape index (κ2) is 5.40. The van der Waals surface area contributed by atoms with Crippen molar-refractivity contribution in [2.45, 2.75) is 37.8 Å². The number of rotatable bonds is 3. The summed E-state index contributed by atoms with van der Waals surface area (Å²) in [6, 6.07) is 10.1. The van der Waals surface area contributed by atoms with Crippen molar-refractivity contribution in [1.82, 2.24) is 9.80 Å². The standard InChI is InChI=1S/C18H21N3O/c19-11-14-2-1-3-15(10-14)18(22)21-9-7-16-17(21)6-8-20(16)12-13-4-5-13/h1-3,10,13,16-17H,4-9,12H2/t16-,17-/m0/s1. The van der Waals surface area contributed by atoms with E-state index in [4.69, 9.17) is 5.26 Å². The summed E-state index contributed by atoms with van der Waals surface area (Å²) in [5.74, 6) is 1.01. The van der Waals surface area contributed by atoms with Gasteiger partial charge in [0.2, 0.25) is 0 Å². The lowest BCUT2D eigenvalue weighted by Crippen LogP contribution is -2.40. The van der Waals surface area contributed by atoms with E-state index in [-0.39, 0.29) is 5.91 Å². The van der Waals surface area contributed by atoms with Crippen LogP contribution >= 0.6 is 0 Å². The van der Waals surface area contributed by atoms with Crippen molar-refractivity contribution >= 4 is 5.91 Å². The van der Waals surface area contributed by atoms with Gasteiger partial charge in [0.25, 0.3) is 5.91 Å². The van der Waals surface area contributed by atoms with Gasteiger partial charge in [0, 0.05) is 37.3 Å². The van der Waals surface area contributed by atoms with Crippen LogP contribution < -0.4 is 0 Å². The molecule has 0 spiro atoms. The van der Waals surface area contributed by atoms with Gasteiger partial charge in [0.05, 0.1) is 11.6 Å². The van der Waals surface area contributed by atoms with Crippen LogP contribution in [0.1, 0.15) is 41.6 Å². The number of amides is 1. The lowest BCUT2D eigenvalue weighted by Gasteiger charge is -2.25. The Morgan fingerprint density at radius 1 is 1.18 bits per heavy atom. The normalized spacial score (nSPS) is 27.7. The molecule has 0 radical (unpaired) electrons. The summed E-state index contributed by atoms with van der Waals surface area (Å²) in [6.45, 7) is 3.22. The average molecular weight is 295 g/mol. The van der Waals surface area contributed by atoms with Gasteiger partial charge in [-0.2, -0.15) is 5.26 Å². The number of fused-ring (bicyclic) bond motifs is 1. The molecule has 3 fully saturated rings. The summed E-state index contributed by atoms with van der Waals surface area (Å²) >= 11 is 0. The van der Waals surface area contributed by atoms with Crippen LogP contribution in [0.25, 0.3) is 0 Å². The molecular formula is C18H21N3O. The van der Waals surface area contributed by atoms with Crippen molar-refractivity contribution in [3.05, 3.63) is 35.4 Å². The van der Waals surface area contributed by atoms with Crippen LogP contribution in [0.3, 0.4) is 0 Å². The van der Waals surface area contributed by atoms with Gasteiger partial charge in [-0.15, -0.1) is 0 Å². The quantitative estimate of drug-likeness (QED) is 0.859. The predicted octanol–water partition coefficient (Wildman–Crippen LogP) is 2.26. The third-order valence-corrected chi connectivity index (χ3v) is 5.38. The second-order valence-corrected chi connectivity index (χ2v) is 6.84. The van der Waals surface area contributed by atoms with Gasteiger partial charge in [0.1, 0.15) is 0 Å². The van der Waals surface area contributed by atoms with Crippen molar-refractivity contribution in [3.8, 4) is 6.07 Å². The van der Waals surface area contributed by atoms with Crippen molar-refractivity contribution < 1.29 is 4.79 Å². The van der Waals surface area contributed by atoms with Crippen LogP contribution in [0.15, 0.2) is 24.3 Å². The lowest BCUT2D eigenvalue weighted by molar-refractivity contribution is 0.0732. The Morgan fingerprint density at radius 3 is 2.77 bits per heavy atom. The van der Waals surface area contributed by atoms with Gasteiger partial charge >= 0.3 is 0 Å². The SMILES string of the molecule is N#Cc1cccc(C(=O)N2CC[C@H]3[C@@H]2CCN3CC2CC2)c1. The van der Waals surface area contributed by atoms with Gasteiger partial charge in [-0.1, -0.05) is 6.07 Å². The van der Waals surface area contributed by atoms with Crippen LogP contribution in [-0.4, -0.2) is 47.4 Å². The minimum absolute atomic E-state index is 0.0953. The first kappa shape index (κ1) is 13.8. The highest BCUT2D eigenvalue weighted by atomic mass is 16.2. The summed E-state index contributed by atoms with van der Waals surface area (Å²) in [7, 11) is 0. The van der Waals surface area contributed by atoms with Crippen molar-refractivity contribution in [2.24, 2.45) is 5.92 Å². The maximum Gasteiger partial charge on any atom is 0.254 e. The molecule has 0 N–H and O–H groups in total. The highest BCUT2D eigenvalue weighted by molar-refractivity contribution is 5.95. The fraction of sp³-hybridized carbons (Fsp3) is 0.556. The third-order valence-electron chi connectivity index (χ3n) is 5.38. The average Bonchev–Trinajstić information content (AvgIpc) is 3.13. The molecule has 1 amide bonds. The largest absolute Gasteiger partial charge is 0.334 e. The van der Waals surface area contributed by atoms with E-state index in [0.29, 0.717) is 23.2 Å². The maximum atomic E-state index is 12.8. The zero-order valence-electron chi connectivity index (χ0n) is 12.7. The van der Waals surface area contributed by atoms with Crippen LogP contribution in [0, 0.1) is 17.2 Å². The topological polar surface area (TPSA) is 47.3 Å². The molecule has 2 heterocycles. The van der Waals surface area contributed by atoms with Crippen LogP contribution in [0.4, 0.5) is 0 Å². The number of nitrogens with zero attached hydrogens (tertiary/aromatic N) is 3. The number of nitriles is 1. The minimum Gasteiger partial charge on any atom is -0.334 e. The van der Waals surface area contributed by atoms with Crippen LogP contribution in [0.2, 0.25) is 0 Å². The number of carbonyl (C=O) groups excluding carboxylic acids is 1. The number of hydrogen-bond donors (Lipinski definition) is 0. The molecule has 2 saturated heterocycles. The van der Waals surface area contributed by atoms with Crippen molar-refractivity contribution in [1.29, 1.82) is 5.26 Å². The Balaban J connectivity index is 1.49. The van der Waals surface area contributed by atoms with Gasteiger partial charge < -0.3 is 4.90 Å². The van der Waals surface area contributed by atoms with E-state index >= 15 is 0 Å². The van der Waals surface area contributed by atoms with Crippen LogP contribution in [-0.2, 0) is 0 Å². The minimum atomic E-state index is 0.0953. The van der Waals surface area contributed by atoms with Gasteiger partial charge in [-0.3, -0.25) is 9.69 Å². The number of hydrogen-bond acceptors (Lipinski definition) is 3. The predicted molar refractivity (Wildman–Crippen MR) is 83.3 cm³/mol. The Bertz CT molecular complexity index is 631. The summed E-state index contributed by atoms with van der Waals surface area (Å²) in [4.78, 5) is 17.5. The number of benzene rings is 1. The van der Waals surface area contributed by atoms with E-state index < -0.39 is 0 Å². The van der Waals surface area contributed by atoms with E-state index in [1.165, 1.54) is 19.4 Å². The van der Waals surface area contributed by atoms with Gasteiger partial charge in [-0.25, -0.2) is 0 Å². The first-order chi connectivity index (χ1) is 10.8. The highest BCUT2D eigenvalue weighted by Crippen LogP contribution is 2.37. The van der Waals surface area contributed by atoms with E-state index in [1.807, 2.05) is 11.0 Å². The molecule has 1 aliphatic carbocycles. The Morgan fingerprint density at radius 2 is 2.00 bits per heavy atom. The van der Waals surface area contributed by atoms with E-state index in [1.54, 1.807) is 18.2 Å². The fourth-order valence-electron chi connectivity index (χ4n) is 4.07. The monoisotopic (exact) mass is 295 g/mol. The third kappa shape index (κ3) is 2.40. The lowest BCUT2D eigenvalue weighted by atomic mass is 10.1. The molecule has 4 nitrogen and oxygen atoms in total. The van der Waals surface area contributed by atoms with E-state index in [0.717, 1.165) is 31.8 Å². The molecule has 1 aromatic carbocycles. The smallest absolute Gasteiger partial charge is 0.254 e. The van der Waals surface area contributed by atoms with E-state index in [2.05, 4.69) is 11.0 Å². The number of likely N-dealkylation sites (tertiary alicyclic amines) is 2. The molecular weight excluding hydrogens is 274 g/mol. The molecule has 1 aromatic rings. The molecule has 2 aliphatic heterocycles. The maximum absolute atomic E-state index is 12.8. The number of carbonyl (C=O) groups is 1. The molecule has 1 saturated carbocycles.